The van der Waals surface area contributed by atoms with E-state index < -0.39 is 21.5 Å². The van der Waals surface area contributed by atoms with Crippen LogP contribution in [0.1, 0.15) is 119 Å². The quantitative estimate of drug-likeness (QED) is 0.137. The predicted octanol–water partition coefficient (Wildman–Crippen LogP) is 8.67. The standard InChI is InChI=1S/C28H53NO3S3/c1-10-11-12-13-14-15-16-17-18-19-20-34-25(33)35-28(6,7)22(23(30)29(8)9)21-26(2,3)27(4,5)24(31)32/h22H,10-21H2,1-9H3,(H,31,32). The van der Waals surface area contributed by atoms with E-state index in [4.69, 9.17) is 12.2 Å². The molecule has 4 nitrogen and oxygen atoms in total. The van der Waals surface area contributed by atoms with Crippen molar-refractivity contribution in [3.05, 3.63) is 0 Å². The van der Waals surface area contributed by atoms with Gasteiger partial charge in [0.2, 0.25) is 5.91 Å². The summed E-state index contributed by atoms with van der Waals surface area (Å²) in [5.41, 5.74) is -1.53. The second-order valence-electron chi connectivity index (χ2n) is 11.8. The molecule has 0 aliphatic rings. The van der Waals surface area contributed by atoms with E-state index in [0.29, 0.717) is 6.42 Å². The smallest absolute Gasteiger partial charge is 0.309 e. The summed E-state index contributed by atoms with van der Waals surface area (Å²) in [7, 11) is 3.54. The molecule has 0 saturated heterocycles. The van der Waals surface area contributed by atoms with Gasteiger partial charge in [-0.2, -0.15) is 0 Å². The fourth-order valence-electron chi connectivity index (χ4n) is 4.06. The molecular weight excluding hydrogens is 495 g/mol. The SMILES string of the molecule is CCCCCCCCCCCCSC(=S)SC(C)(C)C(CC(C)(C)C(C)(C)C(=O)O)C(=O)N(C)C. The number of carboxylic acids is 1. The molecule has 1 N–H and O–H groups in total. The fraction of sp³-hybridized carbons (Fsp3) is 0.893. The summed E-state index contributed by atoms with van der Waals surface area (Å²) in [6.45, 7) is 13.8. The number of thioether (sulfide) groups is 2. The number of amides is 1. The first-order valence-electron chi connectivity index (χ1n) is 13.4. The van der Waals surface area contributed by atoms with Crippen molar-refractivity contribution in [1.82, 2.24) is 4.90 Å². The van der Waals surface area contributed by atoms with Gasteiger partial charge in [-0.15, -0.1) is 23.5 Å². The topological polar surface area (TPSA) is 57.6 Å². The minimum Gasteiger partial charge on any atom is -0.481 e. The van der Waals surface area contributed by atoms with Crippen molar-refractivity contribution in [3.63, 3.8) is 0 Å². The highest BCUT2D eigenvalue weighted by Crippen LogP contribution is 2.49. The van der Waals surface area contributed by atoms with E-state index in [0.717, 1.165) is 9.28 Å². The van der Waals surface area contributed by atoms with Crippen LogP contribution in [0, 0.1) is 16.7 Å². The number of unbranched alkanes of at least 4 members (excludes halogenated alkanes) is 9. The Kier molecular flexibility index (Phi) is 16.4. The minimum absolute atomic E-state index is 0.0271. The zero-order chi connectivity index (χ0) is 27.3. The molecule has 0 aliphatic carbocycles. The van der Waals surface area contributed by atoms with Crippen molar-refractivity contribution in [2.45, 2.75) is 124 Å². The van der Waals surface area contributed by atoms with Crippen LogP contribution < -0.4 is 0 Å². The summed E-state index contributed by atoms with van der Waals surface area (Å²) in [5, 5.41) is 9.79. The molecular formula is C28H53NO3S3. The van der Waals surface area contributed by atoms with Crippen LogP contribution in [0.3, 0.4) is 0 Å². The zero-order valence-corrected chi connectivity index (χ0v) is 26.4. The molecule has 0 saturated carbocycles. The summed E-state index contributed by atoms with van der Waals surface area (Å²) in [5.74, 6) is -0.139. The molecule has 0 spiro atoms. The molecule has 35 heavy (non-hydrogen) atoms. The molecule has 7 heteroatoms. The van der Waals surface area contributed by atoms with Crippen molar-refractivity contribution in [3.8, 4) is 0 Å². The summed E-state index contributed by atoms with van der Waals surface area (Å²) in [6.07, 6.45) is 13.7. The highest BCUT2D eigenvalue weighted by Gasteiger charge is 2.49. The van der Waals surface area contributed by atoms with E-state index in [1.54, 1.807) is 56.4 Å². The maximum atomic E-state index is 13.2. The lowest BCUT2D eigenvalue weighted by atomic mass is 9.62. The van der Waals surface area contributed by atoms with Crippen LogP contribution in [-0.2, 0) is 9.59 Å². The molecule has 0 bridgehead atoms. The highest BCUT2D eigenvalue weighted by molar-refractivity contribution is 8.47. The number of aliphatic carboxylic acids is 1. The van der Waals surface area contributed by atoms with Gasteiger partial charge in [-0.05, 0) is 51.7 Å². The van der Waals surface area contributed by atoms with Gasteiger partial charge in [0, 0.05) is 18.8 Å². The van der Waals surface area contributed by atoms with Gasteiger partial charge >= 0.3 is 5.97 Å². The number of hydrogen-bond acceptors (Lipinski definition) is 5. The van der Waals surface area contributed by atoms with Crippen LogP contribution in [0.2, 0.25) is 0 Å². The molecule has 1 unspecified atom stereocenters. The van der Waals surface area contributed by atoms with Crippen LogP contribution in [-0.4, -0.2) is 50.0 Å². The molecule has 1 atom stereocenters. The molecule has 1 amide bonds. The van der Waals surface area contributed by atoms with Crippen molar-refractivity contribution in [1.29, 1.82) is 0 Å². The van der Waals surface area contributed by atoms with E-state index in [1.807, 2.05) is 13.8 Å². The van der Waals surface area contributed by atoms with Crippen LogP contribution >= 0.6 is 35.7 Å². The zero-order valence-electron chi connectivity index (χ0n) is 24.0. The van der Waals surface area contributed by atoms with Gasteiger partial charge in [0.1, 0.15) is 3.53 Å². The summed E-state index contributed by atoms with van der Waals surface area (Å²) in [4.78, 5) is 26.8. The fourth-order valence-corrected chi connectivity index (χ4v) is 7.35. The lowest BCUT2D eigenvalue weighted by Crippen LogP contribution is -2.48. The number of hydrogen-bond donors (Lipinski definition) is 1. The Bertz CT molecular complexity index is 660. The molecule has 0 radical (unpaired) electrons. The van der Waals surface area contributed by atoms with Crippen LogP contribution in [0.5, 0.6) is 0 Å². The summed E-state index contributed by atoms with van der Waals surface area (Å²) in [6, 6.07) is 0. The molecule has 0 aromatic rings. The Morgan fingerprint density at radius 3 is 1.74 bits per heavy atom. The first-order chi connectivity index (χ1) is 16.1. The molecule has 0 fully saturated rings. The van der Waals surface area contributed by atoms with Crippen LogP contribution in [0.15, 0.2) is 0 Å². The van der Waals surface area contributed by atoms with Gasteiger partial charge in [0.25, 0.3) is 0 Å². The van der Waals surface area contributed by atoms with Gasteiger partial charge in [-0.25, -0.2) is 0 Å². The largest absolute Gasteiger partial charge is 0.481 e. The van der Waals surface area contributed by atoms with Gasteiger partial charge in [-0.1, -0.05) is 90.8 Å². The normalized spacial score (nSPS) is 13.5. The lowest BCUT2D eigenvalue weighted by Gasteiger charge is -2.44. The third-order valence-electron chi connectivity index (χ3n) is 7.58. The highest BCUT2D eigenvalue weighted by atomic mass is 32.2. The molecule has 0 rings (SSSR count). The van der Waals surface area contributed by atoms with E-state index in [1.165, 1.54) is 64.2 Å². The molecule has 0 aliphatic heterocycles. The number of carbonyl (C=O) groups excluding carboxylic acids is 1. The number of nitrogens with zero attached hydrogens (tertiary/aromatic N) is 1. The van der Waals surface area contributed by atoms with Gasteiger partial charge in [0.15, 0.2) is 0 Å². The van der Waals surface area contributed by atoms with Gasteiger partial charge in [-0.3, -0.25) is 9.59 Å². The Morgan fingerprint density at radius 1 is 0.857 bits per heavy atom. The Labute approximate surface area is 230 Å². The average molecular weight is 548 g/mol. The Morgan fingerprint density at radius 2 is 1.31 bits per heavy atom. The maximum absolute atomic E-state index is 13.2. The lowest BCUT2D eigenvalue weighted by molar-refractivity contribution is -0.156. The van der Waals surface area contributed by atoms with E-state index in [9.17, 15) is 14.7 Å². The third kappa shape index (κ3) is 12.7. The van der Waals surface area contributed by atoms with Crippen molar-refractivity contribution < 1.29 is 14.7 Å². The Hall–Kier alpha value is -0.270. The molecule has 0 aromatic heterocycles. The van der Waals surface area contributed by atoms with E-state index in [2.05, 4.69) is 20.8 Å². The summed E-state index contributed by atoms with van der Waals surface area (Å²) >= 11 is 9.03. The van der Waals surface area contributed by atoms with Crippen LogP contribution in [0.25, 0.3) is 0 Å². The molecule has 206 valence electrons. The van der Waals surface area contributed by atoms with Crippen molar-refractivity contribution >= 4 is 51.1 Å². The number of rotatable bonds is 18. The molecule has 0 heterocycles. The minimum atomic E-state index is -0.955. The second kappa shape index (κ2) is 16.5. The summed E-state index contributed by atoms with van der Waals surface area (Å²) < 4.78 is 0.437. The third-order valence-corrected chi connectivity index (χ3v) is 10.5. The van der Waals surface area contributed by atoms with Gasteiger partial charge < -0.3 is 10.0 Å². The first kappa shape index (κ1) is 34.7. The first-order valence-corrected chi connectivity index (χ1v) is 15.6. The van der Waals surface area contributed by atoms with E-state index in [-0.39, 0.29) is 11.8 Å². The average Bonchev–Trinajstić information content (AvgIpc) is 2.74. The van der Waals surface area contributed by atoms with E-state index >= 15 is 0 Å². The maximum Gasteiger partial charge on any atom is 0.309 e. The number of thiocarbonyl (C=S) groups is 1. The van der Waals surface area contributed by atoms with Crippen molar-refractivity contribution in [2.24, 2.45) is 16.7 Å². The monoisotopic (exact) mass is 547 g/mol. The van der Waals surface area contributed by atoms with Gasteiger partial charge in [0.05, 0.1) is 11.3 Å². The Balaban J connectivity index is 4.77. The second-order valence-corrected chi connectivity index (χ2v) is 15.7. The van der Waals surface area contributed by atoms with Crippen molar-refractivity contribution in [2.75, 3.05) is 19.8 Å². The number of carbonyl (C=O) groups is 2. The van der Waals surface area contributed by atoms with Crippen LogP contribution in [0.4, 0.5) is 0 Å². The molecule has 0 aromatic carbocycles. The predicted molar refractivity (Wildman–Crippen MR) is 161 cm³/mol. The number of carboxylic acid groups (broad SMARTS) is 1.